The molecule has 2 rings (SSSR count). The third-order valence-electron chi connectivity index (χ3n) is 3.68. The van der Waals surface area contributed by atoms with Crippen LogP contribution in [0.15, 0.2) is 24.3 Å². The molecule has 0 saturated heterocycles. The molecular formula is C15H20N2. The van der Waals surface area contributed by atoms with Crippen molar-refractivity contribution in [2.24, 2.45) is 5.73 Å². The number of rotatable bonds is 3. The zero-order valence-corrected chi connectivity index (χ0v) is 10.2. The van der Waals surface area contributed by atoms with Gasteiger partial charge < -0.3 is 5.73 Å². The van der Waals surface area contributed by atoms with Crippen molar-refractivity contribution in [1.82, 2.24) is 0 Å². The summed E-state index contributed by atoms with van der Waals surface area (Å²) in [7, 11) is 0. The lowest BCUT2D eigenvalue weighted by Gasteiger charge is -2.22. The van der Waals surface area contributed by atoms with E-state index >= 15 is 0 Å². The molecule has 1 atom stereocenters. The molecule has 2 heteroatoms. The highest BCUT2D eigenvalue weighted by molar-refractivity contribution is 5.26. The third-order valence-corrected chi connectivity index (χ3v) is 3.68. The molecule has 0 bridgehead atoms. The highest BCUT2D eigenvalue weighted by Crippen LogP contribution is 2.32. The quantitative estimate of drug-likeness (QED) is 0.864. The van der Waals surface area contributed by atoms with E-state index in [9.17, 15) is 0 Å². The Morgan fingerprint density at radius 2 is 1.82 bits per heavy atom. The lowest BCUT2D eigenvalue weighted by Crippen LogP contribution is -2.20. The molecule has 0 aliphatic heterocycles. The van der Waals surface area contributed by atoms with E-state index in [1.165, 1.54) is 43.2 Å². The fourth-order valence-electron chi connectivity index (χ4n) is 2.66. The Bertz CT molecular complexity index is 382. The van der Waals surface area contributed by atoms with Gasteiger partial charge in [0.15, 0.2) is 0 Å². The summed E-state index contributed by atoms with van der Waals surface area (Å²) in [5.74, 6) is 0.752. The minimum absolute atomic E-state index is 0.379. The van der Waals surface area contributed by atoms with Crippen molar-refractivity contribution in [3.05, 3.63) is 35.4 Å². The molecule has 0 aromatic heterocycles. The summed E-state index contributed by atoms with van der Waals surface area (Å²) in [6.45, 7) is 0. The minimum atomic E-state index is -0.379. The molecule has 0 heterocycles. The Kier molecular flexibility index (Phi) is 4.17. The van der Waals surface area contributed by atoms with Crippen LogP contribution in [-0.4, -0.2) is 6.04 Å². The molecule has 0 amide bonds. The molecule has 0 spiro atoms. The molecular weight excluding hydrogens is 208 g/mol. The standard InChI is InChI=1S/C15H20N2/c16-11-15(17)10-12-6-8-14(9-7-12)13-4-2-1-3-5-13/h6-9,13,15H,1-5,10,17H2. The zero-order valence-electron chi connectivity index (χ0n) is 10.2. The van der Waals surface area contributed by atoms with Crippen LogP contribution in [0.1, 0.15) is 49.1 Å². The van der Waals surface area contributed by atoms with Gasteiger partial charge in [-0.3, -0.25) is 0 Å². The molecule has 1 aliphatic carbocycles. The number of nitriles is 1. The Labute approximate surface area is 103 Å². The summed E-state index contributed by atoms with van der Waals surface area (Å²) >= 11 is 0. The van der Waals surface area contributed by atoms with Gasteiger partial charge in [-0.25, -0.2) is 0 Å². The molecule has 1 saturated carbocycles. The van der Waals surface area contributed by atoms with Crippen LogP contribution in [0.25, 0.3) is 0 Å². The Hall–Kier alpha value is -1.33. The first-order valence-corrected chi connectivity index (χ1v) is 6.53. The maximum absolute atomic E-state index is 8.68. The average molecular weight is 228 g/mol. The summed E-state index contributed by atoms with van der Waals surface area (Å²) in [6, 6.07) is 10.4. The largest absolute Gasteiger partial charge is 0.316 e. The minimum Gasteiger partial charge on any atom is -0.316 e. The topological polar surface area (TPSA) is 49.8 Å². The Morgan fingerprint density at radius 1 is 1.18 bits per heavy atom. The van der Waals surface area contributed by atoms with E-state index in [1.54, 1.807) is 0 Å². The summed E-state index contributed by atoms with van der Waals surface area (Å²) in [5.41, 5.74) is 8.25. The van der Waals surface area contributed by atoms with Crippen LogP contribution in [0.5, 0.6) is 0 Å². The molecule has 2 N–H and O–H groups in total. The van der Waals surface area contributed by atoms with Crippen molar-refractivity contribution in [3.8, 4) is 6.07 Å². The van der Waals surface area contributed by atoms with E-state index in [2.05, 4.69) is 30.3 Å². The van der Waals surface area contributed by atoms with E-state index < -0.39 is 0 Å². The summed E-state index contributed by atoms with van der Waals surface area (Å²) in [6.07, 6.45) is 7.44. The van der Waals surface area contributed by atoms with Crippen molar-refractivity contribution >= 4 is 0 Å². The SMILES string of the molecule is N#CC(N)Cc1ccc(C2CCCCC2)cc1. The first-order chi connectivity index (χ1) is 8.29. The number of benzene rings is 1. The molecule has 90 valence electrons. The second-order valence-corrected chi connectivity index (χ2v) is 5.02. The molecule has 1 fully saturated rings. The summed E-state index contributed by atoms with van der Waals surface area (Å²) in [4.78, 5) is 0. The second kappa shape index (κ2) is 5.84. The van der Waals surface area contributed by atoms with Crippen molar-refractivity contribution < 1.29 is 0 Å². The lowest BCUT2D eigenvalue weighted by molar-refractivity contribution is 0.443. The normalized spacial score (nSPS) is 18.6. The van der Waals surface area contributed by atoms with Crippen molar-refractivity contribution in [3.63, 3.8) is 0 Å². The van der Waals surface area contributed by atoms with Crippen LogP contribution < -0.4 is 5.73 Å². The van der Waals surface area contributed by atoms with Gasteiger partial charge in [-0.15, -0.1) is 0 Å². The number of nitrogens with zero attached hydrogens (tertiary/aromatic N) is 1. The predicted molar refractivity (Wildman–Crippen MR) is 69.6 cm³/mol. The predicted octanol–water partition coefficient (Wildman–Crippen LogP) is 3.13. The van der Waals surface area contributed by atoms with Gasteiger partial charge in [-0.2, -0.15) is 5.26 Å². The van der Waals surface area contributed by atoms with E-state index in [-0.39, 0.29) is 6.04 Å². The van der Waals surface area contributed by atoms with E-state index in [0.717, 1.165) is 5.92 Å². The average Bonchev–Trinajstić information content (AvgIpc) is 2.40. The number of nitrogens with two attached hydrogens (primary N) is 1. The Balaban J connectivity index is 2.00. The van der Waals surface area contributed by atoms with Crippen LogP contribution in [-0.2, 0) is 6.42 Å². The first kappa shape index (κ1) is 12.1. The van der Waals surface area contributed by atoms with Crippen molar-refractivity contribution in [2.75, 3.05) is 0 Å². The second-order valence-electron chi connectivity index (χ2n) is 5.02. The number of hydrogen-bond donors (Lipinski definition) is 1. The number of hydrogen-bond acceptors (Lipinski definition) is 2. The molecule has 0 radical (unpaired) electrons. The van der Waals surface area contributed by atoms with Crippen LogP contribution in [0.4, 0.5) is 0 Å². The highest BCUT2D eigenvalue weighted by Gasteiger charge is 2.15. The fraction of sp³-hybridized carbons (Fsp3) is 0.533. The smallest absolute Gasteiger partial charge is 0.0968 e. The monoisotopic (exact) mass is 228 g/mol. The summed E-state index contributed by atoms with van der Waals surface area (Å²) < 4.78 is 0. The molecule has 2 nitrogen and oxygen atoms in total. The molecule has 17 heavy (non-hydrogen) atoms. The lowest BCUT2D eigenvalue weighted by atomic mass is 9.84. The maximum Gasteiger partial charge on any atom is 0.0968 e. The van der Waals surface area contributed by atoms with Crippen LogP contribution >= 0.6 is 0 Å². The van der Waals surface area contributed by atoms with Gasteiger partial charge in [0.25, 0.3) is 0 Å². The van der Waals surface area contributed by atoms with E-state index in [0.29, 0.717) is 6.42 Å². The van der Waals surface area contributed by atoms with E-state index in [1.807, 2.05) is 0 Å². The highest BCUT2D eigenvalue weighted by atomic mass is 14.6. The molecule has 1 aliphatic rings. The zero-order chi connectivity index (χ0) is 12.1. The van der Waals surface area contributed by atoms with Crippen LogP contribution in [0, 0.1) is 11.3 Å². The van der Waals surface area contributed by atoms with Crippen LogP contribution in [0.2, 0.25) is 0 Å². The molecule has 1 aromatic rings. The first-order valence-electron chi connectivity index (χ1n) is 6.53. The van der Waals surface area contributed by atoms with Crippen LogP contribution in [0.3, 0.4) is 0 Å². The molecule has 1 aromatic carbocycles. The Morgan fingerprint density at radius 3 is 2.41 bits per heavy atom. The summed E-state index contributed by atoms with van der Waals surface area (Å²) in [5, 5.41) is 8.68. The van der Waals surface area contributed by atoms with Gasteiger partial charge >= 0.3 is 0 Å². The van der Waals surface area contributed by atoms with Gasteiger partial charge in [0.1, 0.15) is 0 Å². The maximum atomic E-state index is 8.68. The third kappa shape index (κ3) is 3.31. The van der Waals surface area contributed by atoms with Crippen molar-refractivity contribution in [2.45, 2.75) is 50.5 Å². The van der Waals surface area contributed by atoms with Gasteiger partial charge in [0.05, 0.1) is 12.1 Å². The van der Waals surface area contributed by atoms with E-state index in [4.69, 9.17) is 11.0 Å². The van der Waals surface area contributed by atoms with Gasteiger partial charge in [0, 0.05) is 6.42 Å². The molecule has 1 unspecified atom stereocenters. The van der Waals surface area contributed by atoms with Gasteiger partial charge in [-0.1, -0.05) is 43.5 Å². The van der Waals surface area contributed by atoms with Gasteiger partial charge in [0.2, 0.25) is 0 Å². The fourth-order valence-corrected chi connectivity index (χ4v) is 2.66. The van der Waals surface area contributed by atoms with Gasteiger partial charge in [-0.05, 0) is 29.9 Å². The van der Waals surface area contributed by atoms with Crippen molar-refractivity contribution in [1.29, 1.82) is 5.26 Å².